The van der Waals surface area contributed by atoms with Gasteiger partial charge in [0.05, 0.1) is 25.9 Å². The third-order valence-electron chi connectivity index (χ3n) is 9.75. The molecule has 0 spiro atoms. The maximum Gasteiger partial charge on any atom is 0.475 e. The van der Waals surface area contributed by atoms with E-state index in [2.05, 4.69) is 12.2 Å². The summed E-state index contributed by atoms with van der Waals surface area (Å²) in [5, 5.41) is 2.51. The smallest absolute Gasteiger partial charge is 0.466 e. The molecule has 0 bridgehead atoms. The van der Waals surface area contributed by atoms with E-state index in [0.29, 0.717) is 19.4 Å². The minimum Gasteiger partial charge on any atom is -0.466 e. The number of phosphoric acid groups is 1. The van der Waals surface area contributed by atoms with Gasteiger partial charge in [-0.2, -0.15) is 0 Å². The standard InChI is InChI=1S/C47H68NO10P/c1-3-4-5-6-7-8-9-10-11-12-13-14-15-26-35-53-44(49)34-25-27-36-56-59(52,57-39-43-32-23-18-24-33-43)58-40(2)45(46(50)54-37-41-28-19-16-20-29-41)48-47(51)55-38-42-30-21-17-22-31-42/h16-24,28-33,40,45H,3-15,25-27,34-39H2,1-2H3,(H,48,51)/t40-,45+,59?/m1/s1. The molecule has 0 saturated heterocycles. The van der Waals surface area contributed by atoms with Crippen LogP contribution in [0.15, 0.2) is 91.0 Å². The molecule has 0 aliphatic rings. The van der Waals surface area contributed by atoms with E-state index in [0.717, 1.165) is 36.0 Å². The van der Waals surface area contributed by atoms with E-state index in [9.17, 15) is 18.9 Å². The van der Waals surface area contributed by atoms with E-state index in [-0.39, 0.29) is 38.8 Å². The lowest BCUT2D eigenvalue weighted by molar-refractivity contribution is -0.150. The van der Waals surface area contributed by atoms with Crippen LogP contribution in [0.2, 0.25) is 0 Å². The number of unbranched alkanes of at least 4 members (excludes halogenated alkanes) is 14. The van der Waals surface area contributed by atoms with Crippen LogP contribution in [-0.4, -0.2) is 43.4 Å². The normalized spacial score (nSPS) is 13.2. The van der Waals surface area contributed by atoms with Gasteiger partial charge in [0.25, 0.3) is 0 Å². The number of amides is 1. The quantitative estimate of drug-likeness (QED) is 0.0273. The molecule has 0 heterocycles. The summed E-state index contributed by atoms with van der Waals surface area (Å²) in [5.74, 6) is -1.12. The molecule has 3 aromatic carbocycles. The van der Waals surface area contributed by atoms with Gasteiger partial charge in [-0.05, 0) is 42.9 Å². The van der Waals surface area contributed by atoms with Gasteiger partial charge in [0.2, 0.25) is 0 Å². The molecule has 0 saturated carbocycles. The Bertz CT molecular complexity index is 1590. The number of hydrogen-bond acceptors (Lipinski definition) is 10. The van der Waals surface area contributed by atoms with Gasteiger partial charge in [-0.25, -0.2) is 14.2 Å². The van der Waals surface area contributed by atoms with Gasteiger partial charge in [0, 0.05) is 6.42 Å². The fourth-order valence-electron chi connectivity index (χ4n) is 6.27. The molecule has 0 aliphatic heterocycles. The van der Waals surface area contributed by atoms with Gasteiger partial charge >= 0.3 is 25.9 Å². The average molecular weight is 838 g/mol. The Morgan fingerprint density at radius 1 is 0.542 bits per heavy atom. The molecule has 3 atom stereocenters. The number of carbonyl (C=O) groups is 3. The largest absolute Gasteiger partial charge is 0.475 e. The molecule has 11 nitrogen and oxygen atoms in total. The van der Waals surface area contributed by atoms with E-state index >= 15 is 0 Å². The van der Waals surface area contributed by atoms with Crippen molar-refractivity contribution in [2.75, 3.05) is 13.2 Å². The third kappa shape index (κ3) is 23.4. The molecular formula is C47H68NO10P. The van der Waals surface area contributed by atoms with Crippen LogP contribution in [0.1, 0.15) is 140 Å². The maximum absolute atomic E-state index is 14.1. The predicted molar refractivity (Wildman–Crippen MR) is 230 cm³/mol. The Hall–Kier alpha value is -4.02. The Morgan fingerprint density at radius 2 is 1.00 bits per heavy atom. The van der Waals surface area contributed by atoms with E-state index in [1.54, 1.807) is 36.4 Å². The summed E-state index contributed by atoms with van der Waals surface area (Å²) in [7, 11) is -4.34. The molecule has 1 N–H and O–H groups in total. The summed E-state index contributed by atoms with van der Waals surface area (Å²) in [6, 6.07) is 25.8. The van der Waals surface area contributed by atoms with Gasteiger partial charge in [-0.3, -0.25) is 18.4 Å². The fraction of sp³-hybridized carbons (Fsp3) is 0.553. The number of phosphoric ester groups is 1. The average Bonchev–Trinajstić information content (AvgIpc) is 3.25. The third-order valence-corrected chi connectivity index (χ3v) is 11.3. The van der Waals surface area contributed by atoms with Crippen molar-refractivity contribution in [1.82, 2.24) is 5.32 Å². The Balaban J connectivity index is 1.44. The molecule has 3 rings (SSSR count). The molecular weight excluding hydrogens is 769 g/mol. The van der Waals surface area contributed by atoms with Gasteiger partial charge in [0.1, 0.15) is 13.2 Å². The first-order valence-electron chi connectivity index (χ1n) is 21.7. The second-order valence-corrected chi connectivity index (χ2v) is 16.5. The first-order chi connectivity index (χ1) is 28.8. The van der Waals surface area contributed by atoms with Crippen LogP contribution in [0.25, 0.3) is 0 Å². The summed E-state index contributed by atoms with van der Waals surface area (Å²) < 4.78 is 47.8. The number of carbonyl (C=O) groups excluding carboxylic acids is 3. The molecule has 3 aromatic rings. The molecule has 0 radical (unpaired) electrons. The maximum atomic E-state index is 14.1. The first kappa shape index (κ1) is 49.3. The number of nitrogens with one attached hydrogen (secondary N) is 1. The van der Waals surface area contributed by atoms with E-state index in [1.807, 2.05) is 54.6 Å². The molecule has 0 aromatic heterocycles. The van der Waals surface area contributed by atoms with Gasteiger partial charge in [-0.1, -0.05) is 181 Å². The number of hydrogen-bond donors (Lipinski definition) is 1. The SMILES string of the molecule is CCCCCCCCCCCCCCCCOC(=O)CCCCOP(=O)(OCc1ccccc1)O[C@H](C)[C@H](NC(=O)OCc1ccccc1)C(=O)OCc1ccccc1. The zero-order valence-corrected chi connectivity index (χ0v) is 36.3. The van der Waals surface area contributed by atoms with Crippen LogP contribution in [0.4, 0.5) is 4.79 Å². The Labute approximate surface area is 352 Å². The Morgan fingerprint density at radius 3 is 1.53 bits per heavy atom. The fourth-order valence-corrected chi connectivity index (χ4v) is 7.66. The molecule has 1 unspecified atom stereocenters. The highest BCUT2D eigenvalue weighted by molar-refractivity contribution is 7.48. The van der Waals surface area contributed by atoms with Crippen LogP contribution in [0.5, 0.6) is 0 Å². The predicted octanol–water partition coefficient (Wildman–Crippen LogP) is 12.0. The van der Waals surface area contributed by atoms with Crippen molar-refractivity contribution in [3.05, 3.63) is 108 Å². The molecule has 12 heteroatoms. The molecule has 0 fully saturated rings. The topological polar surface area (TPSA) is 136 Å². The molecule has 1 amide bonds. The highest BCUT2D eigenvalue weighted by Crippen LogP contribution is 2.52. The second kappa shape index (κ2) is 30.9. The van der Waals surface area contributed by atoms with Crippen molar-refractivity contribution in [3.8, 4) is 0 Å². The summed E-state index contributed by atoms with van der Waals surface area (Å²) in [6.45, 7) is 3.86. The number of ether oxygens (including phenoxy) is 3. The first-order valence-corrected chi connectivity index (χ1v) is 23.2. The van der Waals surface area contributed by atoms with Crippen LogP contribution in [0.3, 0.4) is 0 Å². The Kier molecular flexibility index (Phi) is 25.9. The second-order valence-electron chi connectivity index (χ2n) is 14.9. The van der Waals surface area contributed by atoms with Gasteiger partial charge < -0.3 is 19.5 Å². The number of esters is 2. The van der Waals surface area contributed by atoms with Crippen molar-refractivity contribution in [1.29, 1.82) is 0 Å². The van der Waals surface area contributed by atoms with E-state index < -0.39 is 32.0 Å². The van der Waals surface area contributed by atoms with Crippen LogP contribution >= 0.6 is 7.82 Å². The number of alkyl carbamates (subject to hydrolysis) is 1. The minimum absolute atomic E-state index is 0.0392. The van der Waals surface area contributed by atoms with Gasteiger partial charge in [0.15, 0.2) is 6.04 Å². The number of benzene rings is 3. The summed E-state index contributed by atoms with van der Waals surface area (Å²) >= 11 is 0. The van der Waals surface area contributed by atoms with Crippen molar-refractivity contribution >= 4 is 25.9 Å². The zero-order chi connectivity index (χ0) is 42.2. The van der Waals surface area contributed by atoms with Crippen LogP contribution in [-0.2, 0) is 61.8 Å². The van der Waals surface area contributed by atoms with Crippen molar-refractivity contribution in [2.24, 2.45) is 0 Å². The zero-order valence-electron chi connectivity index (χ0n) is 35.4. The summed E-state index contributed by atoms with van der Waals surface area (Å²) in [4.78, 5) is 38.7. The molecule has 326 valence electrons. The van der Waals surface area contributed by atoms with E-state index in [4.69, 9.17) is 27.8 Å². The minimum atomic E-state index is -4.34. The van der Waals surface area contributed by atoms with Crippen molar-refractivity contribution < 1.29 is 46.7 Å². The highest BCUT2D eigenvalue weighted by atomic mass is 31.2. The highest BCUT2D eigenvalue weighted by Gasteiger charge is 2.37. The van der Waals surface area contributed by atoms with Crippen LogP contribution < -0.4 is 5.32 Å². The van der Waals surface area contributed by atoms with Crippen molar-refractivity contribution in [2.45, 2.75) is 155 Å². The van der Waals surface area contributed by atoms with Gasteiger partial charge in [-0.15, -0.1) is 0 Å². The van der Waals surface area contributed by atoms with Crippen LogP contribution in [0, 0.1) is 0 Å². The summed E-state index contributed by atoms with van der Waals surface area (Å²) in [5.41, 5.74) is 2.20. The number of rotatable bonds is 33. The lowest BCUT2D eigenvalue weighted by atomic mass is 10.0. The van der Waals surface area contributed by atoms with E-state index in [1.165, 1.54) is 77.6 Å². The monoisotopic (exact) mass is 837 g/mol. The molecule has 59 heavy (non-hydrogen) atoms. The lowest BCUT2D eigenvalue weighted by Crippen LogP contribution is -2.49. The summed E-state index contributed by atoms with van der Waals surface area (Å²) in [6.07, 6.45) is 16.6. The molecule has 0 aliphatic carbocycles. The van der Waals surface area contributed by atoms with Crippen molar-refractivity contribution in [3.63, 3.8) is 0 Å². The lowest BCUT2D eigenvalue weighted by Gasteiger charge is -2.27.